The highest BCUT2D eigenvalue weighted by Gasteiger charge is 2.05. The molecule has 0 aliphatic rings. The minimum Gasteiger partial charge on any atom is -0.392 e. The lowest BCUT2D eigenvalue weighted by Crippen LogP contribution is -1.89. The molecule has 0 spiro atoms. The highest BCUT2D eigenvalue weighted by molar-refractivity contribution is 7.99. The molecule has 0 bridgehead atoms. The molecule has 0 saturated heterocycles. The molecule has 0 saturated carbocycles. The van der Waals surface area contributed by atoms with Gasteiger partial charge in [-0.15, -0.1) is 0 Å². The third kappa shape index (κ3) is 3.08. The summed E-state index contributed by atoms with van der Waals surface area (Å²) in [6.07, 6.45) is 0. The standard InChI is InChI=1S/C14H13FOS/c1-10-2-5-13(6-3-10)17-14-7-4-12(15)8-11(14)9-16/h2-8,16H,9H2,1H3. The van der Waals surface area contributed by atoms with Gasteiger partial charge in [-0.25, -0.2) is 4.39 Å². The van der Waals surface area contributed by atoms with E-state index in [0.717, 1.165) is 9.79 Å². The molecular formula is C14H13FOS. The summed E-state index contributed by atoms with van der Waals surface area (Å²) in [7, 11) is 0. The van der Waals surface area contributed by atoms with E-state index in [9.17, 15) is 9.50 Å². The molecule has 0 radical (unpaired) electrons. The molecule has 3 heteroatoms. The molecule has 0 atom stereocenters. The van der Waals surface area contributed by atoms with E-state index in [2.05, 4.69) is 0 Å². The van der Waals surface area contributed by atoms with Gasteiger partial charge in [0.1, 0.15) is 5.82 Å². The van der Waals surface area contributed by atoms with Gasteiger partial charge in [0.05, 0.1) is 6.61 Å². The maximum absolute atomic E-state index is 13.0. The Morgan fingerprint density at radius 2 is 1.82 bits per heavy atom. The second-order valence-electron chi connectivity index (χ2n) is 3.83. The van der Waals surface area contributed by atoms with Crippen molar-refractivity contribution in [2.75, 3.05) is 0 Å². The van der Waals surface area contributed by atoms with Gasteiger partial charge in [0.15, 0.2) is 0 Å². The van der Waals surface area contributed by atoms with Crippen molar-refractivity contribution in [1.29, 1.82) is 0 Å². The molecule has 0 unspecified atom stereocenters. The normalized spacial score (nSPS) is 10.5. The molecule has 0 aliphatic carbocycles. The summed E-state index contributed by atoms with van der Waals surface area (Å²) in [4.78, 5) is 1.97. The van der Waals surface area contributed by atoms with E-state index in [1.807, 2.05) is 31.2 Å². The van der Waals surface area contributed by atoms with E-state index < -0.39 is 0 Å². The fraction of sp³-hybridized carbons (Fsp3) is 0.143. The van der Waals surface area contributed by atoms with Crippen molar-refractivity contribution in [3.8, 4) is 0 Å². The maximum atomic E-state index is 13.0. The molecule has 0 aliphatic heterocycles. The summed E-state index contributed by atoms with van der Waals surface area (Å²) in [5.41, 5.74) is 1.83. The Morgan fingerprint density at radius 3 is 2.47 bits per heavy atom. The predicted octanol–water partition coefficient (Wildman–Crippen LogP) is 3.78. The second-order valence-corrected chi connectivity index (χ2v) is 4.94. The first-order valence-corrected chi connectivity index (χ1v) is 6.14. The van der Waals surface area contributed by atoms with Gasteiger partial charge < -0.3 is 5.11 Å². The monoisotopic (exact) mass is 248 g/mol. The zero-order chi connectivity index (χ0) is 12.3. The first kappa shape index (κ1) is 12.1. The van der Waals surface area contributed by atoms with E-state index in [-0.39, 0.29) is 12.4 Å². The minimum atomic E-state index is -0.317. The van der Waals surface area contributed by atoms with Gasteiger partial charge in [0.2, 0.25) is 0 Å². The molecule has 1 nitrogen and oxygen atoms in total. The number of aryl methyl sites for hydroxylation is 1. The smallest absolute Gasteiger partial charge is 0.123 e. The number of benzene rings is 2. The van der Waals surface area contributed by atoms with Gasteiger partial charge in [0, 0.05) is 9.79 Å². The van der Waals surface area contributed by atoms with Crippen LogP contribution in [0, 0.1) is 12.7 Å². The fourth-order valence-electron chi connectivity index (χ4n) is 1.50. The number of aliphatic hydroxyl groups is 1. The van der Waals surface area contributed by atoms with Crippen LogP contribution in [-0.4, -0.2) is 5.11 Å². The molecule has 2 rings (SSSR count). The molecule has 88 valence electrons. The molecule has 17 heavy (non-hydrogen) atoms. The first-order chi connectivity index (χ1) is 8.19. The summed E-state index contributed by atoms with van der Waals surface area (Å²) in [6, 6.07) is 12.6. The number of hydrogen-bond acceptors (Lipinski definition) is 2. The number of rotatable bonds is 3. The first-order valence-electron chi connectivity index (χ1n) is 5.33. The van der Waals surface area contributed by atoms with Crippen molar-refractivity contribution in [2.45, 2.75) is 23.3 Å². The van der Waals surface area contributed by atoms with E-state index in [4.69, 9.17) is 0 Å². The lowest BCUT2D eigenvalue weighted by Gasteiger charge is -2.07. The average Bonchev–Trinajstić information content (AvgIpc) is 2.34. The molecule has 0 heterocycles. The van der Waals surface area contributed by atoms with E-state index in [1.165, 1.54) is 29.5 Å². The Bertz CT molecular complexity index is 508. The van der Waals surface area contributed by atoms with Crippen molar-refractivity contribution in [3.63, 3.8) is 0 Å². The highest BCUT2D eigenvalue weighted by Crippen LogP contribution is 2.31. The van der Waals surface area contributed by atoms with Crippen LogP contribution in [0.3, 0.4) is 0 Å². The van der Waals surface area contributed by atoms with Crippen molar-refractivity contribution < 1.29 is 9.50 Å². The van der Waals surface area contributed by atoms with Crippen LogP contribution in [0.1, 0.15) is 11.1 Å². The summed E-state index contributed by atoms with van der Waals surface area (Å²) >= 11 is 1.53. The van der Waals surface area contributed by atoms with Crippen molar-refractivity contribution in [1.82, 2.24) is 0 Å². The third-order valence-electron chi connectivity index (χ3n) is 2.44. The quantitative estimate of drug-likeness (QED) is 0.892. The van der Waals surface area contributed by atoms with E-state index in [1.54, 1.807) is 6.07 Å². The summed E-state index contributed by atoms with van der Waals surface area (Å²) in [5, 5.41) is 9.19. The Labute approximate surface area is 104 Å². The molecule has 2 aromatic carbocycles. The second kappa shape index (κ2) is 5.34. The van der Waals surface area contributed by atoms with Crippen molar-refractivity contribution >= 4 is 11.8 Å². The number of aliphatic hydroxyl groups excluding tert-OH is 1. The van der Waals surface area contributed by atoms with Gasteiger partial charge in [-0.2, -0.15) is 0 Å². The largest absolute Gasteiger partial charge is 0.392 e. The summed E-state index contributed by atoms with van der Waals surface area (Å²) in [5.74, 6) is -0.317. The summed E-state index contributed by atoms with van der Waals surface area (Å²) in [6.45, 7) is 1.89. The SMILES string of the molecule is Cc1ccc(Sc2ccc(F)cc2CO)cc1. The van der Waals surface area contributed by atoms with Gasteiger partial charge in [0.25, 0.3) is 0 Å². The Kier molecular flexibility index (Phi) is 3.82. The van der Waals surface area contributed by atoms with E-state index in [0.29, 0.717) is 5.56 Å². The predicted molar refractivity (Wildman–Crippen MR) is 67.6 cm³/mol. The van der Waals surface area contributed by atoms with Crippen LogP contribution in [0.4, 0.5) is 4.39 Å². The Balaban J connectivity index is 2.26. The molecule has 1 N–H and O–H groups in total. The molecule has 0 amide bonds. The van der Waals surface area contributed by atoms with Crippen LogP contribution >= 0.6 is 11.8 Å². The number of hydrogen-bond donors (Lipinski definition) is 1. The van der Waals surface area contributed by atoms with Gasteiger partial charge in [-0.05, 0) is 42.8 Å². The lowest BCUT2D eigenvalue weighted by molar-refractivity contribution is 0.278. The van der Waals surface area contributed by atoms with Gasteiger partial charge in [-0.3, -0.25) is 0 Å². The Morgan fingerprint density at radius 1 is 1.12 bits per heavy atom. The molecule has 2 aromatic rings. The number of halogens is 1. The van der Waals surface area contributed by atoms with Crippen LogP contribution < -0.4 is 0 Å². The molecular weight excluding hydrogens is 235 g/mol. The van der Waals surface area contributed by atoms with Crippen molar-refractivity contribution in [2.24, 2.45) is 0 Å². The van der Waals surface area contributed by atoms with Crippen LogP contribution in [0.25, 0.3) is 0 Å². The zero-order valence-electron chi connectivity index (χ0n) is 9.48. The van der Waals surface area contributed by atoms with Gasteiger partial charge >= 0.3 is 0 Å². The molecule has 0 fully saturated rings. The zero-order valence-corrected chi connectivity index (χ0v) is 10.3. The fourth-order valence-corrected chi connectivity index (χ4v) is 2.42. The lowest BCUT2D eigenvalue weighted by atomic mass is 10.2. The maximum Gasteiger partial charge on any atom is 0.123 e. The third-order valence-corrected chi connectivity index (χ3v) is 3.57. The Hall–Kier alpha value is -1.32. The van der Waals surface area contributed by atoms with Crippen molar-refractivity contribution in [3.05, 3.63) is 59.4 Å². The minimum absolute atomic E-state index is 0.147. The van der Waals surface area contributed by atoms with Gasteiger partial charge in [-0.1, -0.05) is 29.5 Å². The molecule has 0 aromatic heterocycles. The summed E-state index contributed by atoms with van der Waals surface area (Å²) < 4.78 is 13.0. The van der Waals surface area contributed by atoms with Crippen LogP contribution in [0.15, 0.2) is 52.3 Å². The van der Waals surface area contributed by atoms with Crippen LogP contribution in [0.2, 0.25) is 0 Å². The van der Waals surface area contributed by atoms with Crippen LogP contribution in [0.5, 0.6) is 0 Å². The van der Waals surface area contributed by atoms with Crippen LogP contribution in [-0.2, 0) is 6.61 Å². The van der Waals surface area contributed by atoms with E-state index >= 15 is 0 Å². The highest BCUT2D eigenvalue weighted by atomic mass is 32.2. The average molecular weight is 248 g/mol. The topological polar surface area (TPSA) is 20.2 Å².